The standard InChI is InChI=1S/C17H18N4O2/c1-12-20-17(23-21-12)15-7-4-9-18-16(15)19-10-8-13-5-3-6-14(11-13)22-2/h3-7,9,11H,8,10H2,1-2H3,(H,18,19). The highest BCUT2D eigenvalue weighted by molar-refractivity contribution is 5.68. The Morgan fingerprint density at radius 3 is 2.91 bits per heavy atom. The Labute approximate surface area is 134 Å². The number of anilines is 1. The van der Waals surface area contributed by atoms with Crippen LogP contribution in [0.1, 0.15) is 11.4 Å². The number of hydrogen-bond acceptors (Lipinski definition) is 6. The smallest absolute Gasteiger partial charge is 0.261 e. The fourth-order valence-electron chi connectivity index (χ4n) is 2.28. The highest BCUT2D eigenvalue weighted by atomic mass is 16.5. The van der Waals surface area contributed by atoms with Gasteiger partial charge < -0.3 is 14.6 Å². The molecule has 0 aliphatic heterocycles. The van der Waals surface area contributed by atoms with Gasteiger partial charge in [0.15, 0.2) is 5.82 Å². The second-order valence-electron chi connectivity index (χ2n) is 5.07. The molecule has 0 unspecified atom stereocenters. The number of methoxy groups -OCH3 is 1. The number of ether oxygens (including phenoxy) is 1. The number of benzene rings is 1. The van der Waals surface area contributed by atoms with Crippen LogP contribution in [0.2, 0.25) is 0 Å². The van der Waals surface area contributed by atoms with Gasteiger partial charge in [-0.2, -0.15) is 4.98 Å². The molecule has 6 nitrogen and oxygen atoms in total. The molecule has 1 N–H and O–H groups in total. The number of nitrogens with one attached hydrogen (secondary N) is 1. The van der Waals surface area contributed by atoms with Gasteiger partial charge in [0.25, 0.3) is 5.89 Å². The van der Waals surface area contributed by atoms with Crippen molar-refractivity contribution in [1.29, 1.82) is 0 Å². The highest BCUT2D eigenvalue weighted by Gasteiger charge is 2.12. The van der Waals surface area contributed by atoms with Crippen molar-refractivity contribution >= 4 is 5.82 Å². The lowest BCUT2D eigenvalue weighted by Crippen LogP contribution is -2.07. The van der Waals surface area contributed by atoms with Gasteiger partial charge >= 0.3 is 0 Å². The Morgan fingerprint density at radius 1 is 1.22 bits per heavy atom. The maximum absolute atomic E-state index is 5.24. The van der Waals surface area contributed by atoms with E-state index in [1.165, 1.54) is 5.56 Å². The van der Waals surface area contributed by atoms with Crippen LogP contribution in [0, 0.1) is 6.92 Å². The molecule has 0 bridgehead atoms. The van der Waals surface area contributed by atoms with Gasteiger partial charge in [0.1, 0.15) is 11.6 Å². The predicted octanol–water partition coefficient (Wildman–Crippen LogP) is 3.10. The normalized spacial score (nSPS) is 10.5. The lowest BCUT2D eigenvalue weighted by atomic mass is 10.1. The molecule has 2 aromatic heterocycles. The number of rotatable bonds is 6. The van der Waals surface area contributed by atoms with E-state index >= 15 is 0 Å². The van der Waals surface area contributed by atoms with Crippen LogP contribution >= 0.6 is 0 Å². The molecule has 0 radical (unpaired) electrons. The minimum absolute atomic E-state index is 0.472. The maximum atomic E-state index is 5.24. The lowest BCUT2D eigenvalue weighted by molar-refractivity contribution is 0.414. The number of hydrogen-bond donors (Lipinski definition) is 1. The molecule has 3 aromatic rings. The van der Waals surface area contributed by atoms with Crippen LogP contribution in [0.4, 0.5) is 5.82 Å². The largest absolute Gasteiger partial charge is 0.497 e. The average molecular weight is 310 g/mol. The topological polar surface area (TPSA) is 73.1 Å². The van der Waals surface area contributed by atoms with E-state index in [0.717, 1.165) is 30.1 Å². The Morgan fingerprint density at radius 2 is 2.13 bits per heavy atom. The first-order valence-corrected chi connectivity index (χ1v) is 7.39. The van der Waals surface area contributed by atoms with Gasteiger partial charge in [-0.25, -0.2) is 4.98 Å². The van der Waals surface area contributed by atoms with Crippen molar-refractivity contribution in [3.8, 4) is 17.2 Å². The molecular weight excluding hydrogens is 292 g/mol. The predicted molar refractivity (Wildman–Crippen MR) is 87.5 cm³/mol. The lowest BCUT2D eigenvalue weighted by Gasteiger charge is -2.09. The van der Waals surface area contributed by atoms with Crippen molar-refractivity contribution in [2.45, 2.75) is 13.3 Å². The molecule has 0 aliphatic rings. The SMILES string of the molecule is COc1cccc(CCNc2ncccc2-c2nc(C)no2)c1. The molecule has 0 fully saturated rings. The first-order chi connectivity index (χ1) is 11.3. The van der Waals surface area contributed by atoms with E-state index in [1.54, 1.807) is 20.2 Å². The zero-order valence-corrected chi connectivity index (χ0v) is 13.1. The van der Waals surface area contributed by atoms with Gasteiger partial charge in [0, 0.05) is 12.7 Å². The Bertz CT molecular complexity index is 786. The molecule has 0 saturated heterocycles. The van der Waals surface area contributed by atoms with Crippen LogP contribution in [0.25, 0.3) is 11.5 Å². The second kappa shape index (κ2) is 6.91. The van der Waals surface area contributed by atoms with Gasteiger partial charge in [0.05, 0.1) is 12.7 Å². The number of pyridine rings is 1. The molecule has 2 heterocycles. The van der Waals surface area contributed by atoms with E-state index < -0.39 is 0 Å². The summed E-state index contributed by atoms with van der Waals surface area (Å²) in [6.07, 6.45) is 2.59. The average Bonchev–Trinajstić information content (AvgIpc) is 3.02. The van der Waals surface area contributed by atoms with Crippen molar-refractivity contribution in [2.75, 3.05) is 19.0 Å². The van der Waals surface area contributed by atoms with E-state index in [0.29, 0.717) is 11.7 Å². The van der Waals surface area contributed by atoms with Gasteiger partial charge in [-0.3, -0.25) is 0 Å². The number of aromatic nitrogens is 3. The summed E-state index contributed by atoms with van der Waals surface area (Å²) in [5.41, 5.74) is 2.00. The molecule has 0 amide bonds. The van der Waals surface area contributed by atoms with Crippen LogP contribution in [-0.2, 0) is 6.42 Å². The Kier molecular flexibility index (Phi) is 4.52. The van der Waals surface area contributed by atoms with E-state index in [2.05, 4.69) is 26.5 Å². The fourth-order valence-corrected chi connectivity index (χ4v) is 2.28. The monoisotopic (exact) mass is 310 g/mol. The van der Waals surface area contributed by atoms with E-state index in [9.17, 15) is 0 Å². The first-order valence-electron chi connectivity index (χ1n) is 7.39. The van der Waals surface area contributed by atoms with Crippen LogP contribution < -0.4 is 10.1 Å². The van der Waals surface area contributed by atoms with Crippen LogP contribution in [0.5, 0.6) is 5.75 Å². The third kappa shape index (κ3) is 3.66. The first kappa shape index (κ1) is 15.0. The van der Waals surface area contributed by atoms with Gasteiger partial charge in [-0.05, 0) is 43.2 Å². The van der Waals surface area contributed by atoms with Crippen molar-refractivity contribution in [3.63, 3.8) is 0 Å². The third-order valence-corrected chi connectivity index (χ3v) is 3.41. The van der Waals surface area contributed by atoms with Gasteiger partial charge in [0.2, 0.25) is 0 Å². The van der Waals surface area contributed by atoms with Crippen molar-refractivity contribution in [1.82, 2.24) is 15.1 Å². The fraction of sp³-hybridized carbons (Fsp3) is 0.235. The minimum atomic E-state index is 0.472. The second-order valence-corrected chi connectivity index (χ2v) is 5.07. The van der Waals surface area contributed by atoms with Gasteiger partial charge in [-0.15, -0.1) is 0 Å². The zero-order valence-electron chi connectivity index (χ0n) is 13.1. The highest BCUT2D eigenvalue weighted by Crippen LogP contribution is 2.24. The molecule has 0 saturated carbocycles. The molecule has 0 atom stereocenters. The molecule has 0 spiro atoms. The van der Waals surface area contributed by atoms with Crippen LogP contribution in [0.15, 0.2) is 47.1 Å². The van der Waals surface area contributed by atoms with Crippen LogP contribution in [-0.4, -0.2) is 28.8 Å². The van der Waals surface area contributed by atoms with Gasteiger partial charge in [-0.1, -0.05) is 17.3 Å². The van der Waals surface area contributed by atoms with E-state index in [-0.39, 0.29) is 0 Å². The quantitative estimate of drug-likeness (QED) is 0.754. The van der Waals surface area contributed by atoms with Crippen molar-refractivity contribution < 1.29 is 9.26 Å². The summed E-state index contributed by atoms with van der Waals surface area (Å²) in [6.45, 7) is 2.53. The summed E-state index contributed by atoms with van der Waals surface area (Å²) >= 11 is 0. The molecule has 23 heavy (non-hydrogen) atoms. The molecule has 0 aliphatic carbocycles. The maximum Gasteiger partial charge on any atom is 0.261 e. The molecule has 118 valence electrons. The minimum Gasteiger partial charge on any atom is -0.497 e. The number of nitrogens with zero attached hydrogens (tertiary/aromatic N) is 3. The summed E-state index contributed by atoms with van der Waals surface area (Å²) in [5, 5.41) is 7.15. The Hall–Kier alpha value is -2.89. The summed E-state index contributed by atoms with van der Waals surface area (Å²) < 4.78 is 10.5. The van der Waals surface area contributed by atoms with E-state index in [4.69, 9.17) is 9.26 Å². The van der Waals surface area contributed by atoms with Crippen molar-refractivity contribution in [2.24, 2.45) is 0 Å². The molecule has 1 aromatic carbocycles. The zero-order chi connectivity index (χ0) is 16.1. The van der Waals surface area contributed by atoms with Crippen molar-refractivity contribution in [3.05, 3.63) is 54.0 Å². The van der Waals surface area contributed by atoms with Crippen LogP contribution in [0.3, 0.4) is 0 Å². The molecule has 6 heteroatoms. The summed E-state index contributed by atoms with van der Waals surface area (Å²) in [4.78, 5) is 8.62. The number of aryl methyl sites for hydroxylation is 1. The summed E-state index contributed by atoms with van der Waals surface area (Å²) in [6, 6.07) is 11.8. The summed E-state index contributed by atoms with van der Waals surface area (Å²) in [5.74, 6) is 2.67. The summed E-state index contributed by atoms with van der Waals surface area (Å²) in [7, 11) is 1.67. The Balaban J connectivity index is 1.69. The third-order valence-electron chi connectivity index (χ3n) is 3.41. The van der Waals surface area contributed by atoms with E-state index in [1.807, 2.05) is 30.3 Å². The molecular formula is C17H18N4O2. The molecule has 3 rings (SSSR count).